The van der Waals surface area contributed by atoms with Gasteiger partial charge in [0.1, 0.15) is 4.88 Å². The SMILES string of the molecule is COCCNC(=O)CCNC(=O)c1sccc1C#CCN. The lowest BCUT2D eigenvalue weighted by Gasteiger charge is -2.05. The Hall–Kier alpha value is -1.88. The van der Waals surface area contributed by atoms with Crippen molar-refractivity contribution >= 4 is 23.2 Å². The van der Waals surface area contributed by atoms with Crippen LogP contribution in [-0.4, -0.2) is 45.2 Å². The Morgan fingerprint density at radius 2 is 2.19 bits per heavy atom. The van der Waals surface area contributed by atoms with Crippen molar-refractivity contribution in [3.63, 3.8) is 0 Å². The van der Waals surface area contributed by atoms with Crippen LogP contribution in [0.5, 0.6) is 0 Å². The van der Waals surface area contributed by atoms with E-state index in [1.807, 2.05) is 0 Å². The smallest absolute Gasteiger partial charge is 0.262 e. The van der Waals surface area contributed by atoms with Gasteiger partial charge in [0.2, 0.25) is 5.91 Å². The lowest BCUT2D eigenvalue weighted by atomic mass is 10.2. The van der Waals surface area contributed by atoms with Gasteiger partial charge in [-0.25, -0.2) is 0 Å². The number of rotatable bonds is 7. The van der Waals surface area contributed by atoms with Crippen LogP contribution in [0, 0.1) is 11.8 Å². The van der Waals surface area contributed by atoms with Crippen LogP contribution in [0.3, 0.4) is 0 Å². The van der Waals surface area contributed by atoms with Gasteiger partial charge < -0.3 is 21.1 Å². The molecule has 1 aromatic rings. The molecule has 0 spiro atoms. The number of thiophene rings is 1. The number of ether oxygens (including phenoxy) is 1. The Bertz CT molecular complexity index is 531. The molecule has 2 amide bonds. The minimum Gasteiger partial charge on any atom is -0.383 e. The second kappa shape index (κ2) is 9.94. The largest absolute Gasteiger partial charge is 0.383 e. The Balaban J connectivity index is 2.37. The second-order valence-corrected chi connectivity index (χ2v) is 4.93. The van der Waals surface area contributed by atoms with E-state index in [1.54, 1.807) is 18.6 Å². The molecule has 6 nitrogen and oxygen atoms in total. The van der Waals surface area contributed by atoms with Gasteiger partial charge in [0, 0.05) is 32.2 Å². The van der Waals surface area contributed by atoms with Crippen molar-refractivity contribution in [2.24, 2.45) is 5.73 Å². The molecule has 0 saturated carbocycles. The highest BCUT2D eigenvalue weighted by atomic mass is 32.1. The fraction of sp³-hybridized carbons (Fsp3) is 0.429. The molecular weight excluding hydrogens is 290 g/mol. The average molecular weight is 309 g/mol. The highest BCUT2D eigenvalue weighted by Crippen LogP contribution is 2.15. The first-order valence-electron chi connectivity index (χ1n) is 6.49. The zero-order valence-electron chi connectivity index (χ0n) is 11.9. The van der Waals surface area contributed by atoms with Crippen LogP contribution in [0.4, 0.5) is 0 Å². The maximum atomic E-state index is 12.0. The molecule has 0 aliphatic rings. The number of carbonyl (C=O) groups excluding carboxylic acids is 2. The molecule has 1 heterocycles. The van der Waals surface area contributed by atoms with E-state index >= 15 is 0 Å². The predicted octanol–water partition coefficient (Wildman–Crippen LogP) is -0.0592. The fourth-order valence-corrected chi connectivity index (χ4v) is 2.25. The van der Waals surface area contributed by atoms with Gasteiger partial charge in [-0.3, -0.25) is 9.59 Å². The van der Waals surface area contributed by atoms with Crippen LogP contribution in [0.1, 0.15) is 21.7 Å². The maximum absolute atomic E-state index is 12.0. The van der Waals surface area contributed by atoms with Crippen LogP contribution in [0.2, 0.25) is 0 Å². The molecule has 0 aliphatic carbocycles. The highest BCUT2D eigenvalue weighted by Gasteiger charge is 2.11. The molecular formula is C14H19N3O3S. The summed E-state index contributed by atoms with van der Waals surface area (Å²) in [6.07, 6.45) is 0.227. The van der Waals surface area contributed by atoms with Crippen molar-refractivity contribution in [1.29, 1.82) is 0 Å². The van der Waals surface area contributed by atoms with E-state index in [0.29, 0.717) is 23.6 Å². The first kappa shape index (κ1) is 17.2. The zero-order valence-corrected chi connectivity index (χ0v) is 12.7. The van der Waals surface area contributed by atoms with Gasteiger partial charge in [-0.05, 0) is 11.4 Å². The summed E-state index contributed by atoms with van der Waals surface area (Å²) in [5.41, 5.74) is 5.97. The quantitative estimate of drug-likeness (QED) is 0.486. The van der Waals surface area contributed by atoms with Gasteiger partial charge in [-0.2, -0.15) is 0 Å². The number of methoxy groups -OCH3 is 1. The third kappa shape index (κ3) is 6.40. The van der Waals surface area contributed by atoms with Crippen molar-refractivity contribution in [2.45, 2.75) is 6.42 Å². The molecule has 4 N–H and O–H groups in total. The number of amides is 2. The van der Waals surface area contributed by atoms with Crippen molar-refractivity contribution in [2.75, 3.05) is 33.4 Å². The van der Waals surface area contributed by atoms with Gasteiger partial charge >= 0.3 is 0 Å². The molecule has 0 fully saturated rings. The van der Waals surface area contributed by atoms with Gasteiger partial charge in [0.15, 0.2) is 0 Å². The first-order chi connectivity index (χ1) is 10.2. The molecule has 1 aromatic heterocycles. The van der Waals surface area contributed by atoms with Crippen molar-refractivity contribution in [3.05, 3.63) is 21.9 Å². The summed E-state index contributed by atoms with van der Waals surface area (Å²) in [6, 6.07) is 1.78. The van der Waals surface area contributed by atoms with Crippen LogP contribution in [-0.2, 0) is 9.53 Å². The van der Waals surface area contributed by atoms with Crippen molar-refractivity contribution in [1.82, 2.24) is 10.6 Å². The highest BCUT2D eigenvalue weighted by molar-refractivity contribution is 7.12. The Kier molecular flexibility index (Phi) is 8.12. The van der Waals surface area contributed by atoms with E-state index in [9.17, 15) is 9.59 Å². The molecule has 0 radical (unpaired) electrons. The Morgan fingerprint density at radius 3 is 2.90 bits per heavy atom. The summed E-state index contributed by atoms with van der Waals surface area (Å²) < 4.78 is 4.82. The number of hydrogen-bond acceptors (Lipinski definition) is 5. The molecule has 114 valence electrons. The third-order valence-corrected chi connectivity index (χ3v) is 3.38. The molecule has 0 atom stereocenters. The predicted molar refractivity (Wildman–Crippen MR) is 82.1 cm³/mol. The number of hydrogen-bond donors (Lipinski definition) is 3. The maximum Gasteiger partial charge on any atom is 0.262 e. The Morgan fingerprint density at radius 1 is 1.38 bits per heavy atom. The van der Waals surface area contributed by atoms with Gasteiger partial charge in [-0.1, -0.05) is 11.8 Å². The summed E-state index contributed by atoms with van der Waals surface area (Å²) in [4.78, 5) is 24.0. The van der Waals surface area contributed by atoms with Crippen LogP contribution >= 0.6 is 11.3 Å². The van der Waals surface area contributed by atoms with Crippen molar-refractivity contribution < 1.29 is 14.3 Å². The van der Waals surface area contributed by atoms with Crippen molar-refractivity contribution in [3.8, 4) is 11.8 Å². The third-order valence-electron chi connectivity index (χ3n) is 2.46. The zero-order chi connectivity index (χ0) is 15.5. The van der Waals surface area contributed by atoms with Gasteiger partial charge in [-0.15, -0.1) is 11.3 Å². The summed E-state index contributed by atoms with van der Waals surface area (Å²) >= 11 is 1.31. The lowest BCUT2D eigenvalue weighted by molar-refractivity contribution is -0.121. The van der Waals surface area contributed by atoms with E-state index in [4.69, 9.17) is 10.5 Å². The summed E-state index contributed by atoms with van der Waals surface area (Å²) in [5, 5.41) is 7.18. The van der Waals surface area contributed by atoms with E-state index in [2.05, 4.69) is 22.5 Å². The normalized spacial score (nSPS) is 9.62. The molecule has 7 heteroatoms. The van der Waals surface area contributed by atoms with E-state index in [1.165, 1.54) is 11.3 Å². The van der Waals surface area contributed by atoms with E-state index in [-0.39, 0.29) is 31.3 Å². The second-order valence-electron chi connectivity index (χ2n) is 4.02. The molecule has 0 aromatic carbocycles. The van der Waals surface area contributed by atoms with Gasteiger partial charge in [0.25, 0.3) is 5.91 Å². The monoisotopic (exact) mass is 309 g/mol. The summed E-state index contributed by atoms with van der Waals surface area (Å²) in [5.74, 6) is 5.22. The molecule has 21 heavy (non-hydrogen) atoms. The number of nitrogens with one attached hydrogen (secondary N) is 2. The van der Waals surface area contributed by atoms with Gasteiger partial charge in [0.05, 0.1) is 13.2 Å². The first-order valence-corrected chi connectivity index (χ1v) is 7.37. The minimum atomic E-state index is -0.226. The van der Waals surface area contributed by atoms with E-state index in [0.717, 1.165) is 0 Å². The Labute approximate surface area is 128 Å². The van der Waals surface area contributed by atoms with E-state index < -0.39 is 0 Å². The van der Waals surface area contributed by atoms with Crippen LogP contribution in [0.25, 0.3) is 0 Å². The number of nitrogens with two attached hydrogens (primary N) is 1. The standard InChI is InChI=1S/C14H19N3O3S/c1-20-9-8-16-12(18)4-7-17-14(19)13-11(3-2-6-15)5-10-21-13/h5,10H,4,6-9,15H2,1H3,(H,16,18)(H,17,19). The molecule has 0 unspecified atom stereocenters. The molecule has 0 bridgehead atoms. The topological polar surface area (TPSA) is 93.5 Å². The van der Waals surface area contributed by atoms with Crippen LogP contribution in [0.15, 0.2) is 11.4 Å². The van der Waals surface area contributed by atoms with Crippen LogP contribution < -0.4 is 16.4 Å². The average Bonchev–Trinajstić information content (AvgIpc) is 2.93. The molecule has 0 saturated heterocycles. The summed E-state index contributed by atoms with van der Waals surface area (Å²) in [7, 11) is 1.57. The lowest BCUT2D eigenvalue weighted by Crippen LogP contribution is -2.32. The molecule has 1 rings (SSSR count). The summed E-state index contributed by atoms with van der Waals surface area (Å²) in [6.45, 7) is 1.46. The minimum absolute atomic E-state index is 0.123. The number of carbonyl (C=O) groups is 2. The fourth-order valence-electron chi connectivity index (χ4n) is 1.48. The molecule has 0 aliphatic heterocycles.